The summed E-state index contributed by atoms with van der Waals surface area (Å²) in [6.45, 7) is 6.94. The predicted octanol–water partition coefficient (Wildman–Crippen LogP) is 2.76. The van der Waals surface area contributed by atoms with Crippen LogP contribution in [-0.4, -0.2) is 104 Å². The van der Waals surface area contributed by atoms with Crippen molar-refractivity contribution in [1.29, 1.82) is 0 Å². The first kappa shape index (κ1) is 26.3. The van der Waals surface area contributed by atoms with Gasteiger partial charge < -0.3 is 37.9 Å². The first-order valence-corrected chi connectivity index (χ1v) is 12.7. The van der Waals surface area contributed by atoms with Crippen LogP contribution in [0.2, 0.25) is 0 Å². The van der Waals surface area contributed by atoms with Crippen LogP contribution in [0.3, 0.4) is 0 Å². The molecule has 3 fully saturated rings. The Balaban J connectivity index is 1.36. The Hall–Kier alpha value is -0.320. The van der Waals surface area contributed by atoms with Crippen LogP contribution in [0.15, 0.2) is 0 Å². The number of ether oxygens (including phenoxy) is 8. The quantitative estimate of drug-likeness (QED) is 0.546. The molecular formula is C24H44O8. The van der Waals surface area contributed by atoms with Gasteiger partial charge in [0.1, 0.15) is 0 Å². The SMILES string of the molecule is C1CC[C@H]2OCCOCCOCCO[C@@H]3CCCC[C@H]3OCCOCCOCCO[C@H]2C1. The molecule has 0 amide bonds. The highest BCUT2D eigenvalue weighted by molar-refractivity contribution is 4.77. The molecule has 1 saturated heterocycles. The first-order chi connectivity index (χ1) is 15.9. The van der Waals surface area contributed by atoms with Gasteiger partial charge in [-0.1, -0.05) is 25.7 Å². The zero-order chi connectivity index (χ0) is 22.1. The molecule has 8 nitrogen and oxygen atoms in total. The smallest absolute Gasteiger partial charge is 0.0837 e. The number of hydrogen-bond donors (Lipinski definition) is 0. The number of hydrogen-bond acceptors (Lipinski definition) is 8. The minimum absolute atomic E-state index is 0.151. The van der Waals surface area contributed by atoms with Crippen molar-refractivity contribution in [2.24, 2.45) is 0 Å². The van der Waals surface area contributed by atoms with Crippen molar-refractivity contribution < 1.29 is 37.9 Å². The van der Waals surface area contributed by atoms with Gasteiger partial charge in [0.25, 0.3) is 0 Å². The van der Waals surface area contributed by atoms with Crippen molar-refractivity contribution >= 4 is 0 Å². The monoisotopic (exact) mass is 460 g/mol. The molecule has 1 aliphatic heterocycles. The maximum Gasteiger partial charge on any atom is 0.0837 e. The predicted molar refractivity (Wildman–Crippen MR) is 119 cm³/mol. The fourth-order valence-corrected chi connectivity index (χ4v) is 4.57. The van der Waals surface area contributed by atoms with Crippen LogP contribution in [0, 0.1) is 0 Å². The highest BCUT2D eigenvalue weighted by Gasteiger charge is 2.27. The normalized spacial score (nSPS) is 34.5. The Morgan fingerprint density at radius 1 is 0.281 bits per heavy atom. The molecule has 0 spiro atoms. The fourth-order valence-electron chi connectivity index (χ4n) is 4.57. The Morgan fingerprint density at radius 2 is 0.500 bits per heavy atom. The third kappa shape index (κ3) is 10.7. The molecular weight excluding hydrogens is 416 g/mol. The van der Waals surface area contributed by atoms with E-state index in [0.29, 0.717) is 79.3 Å². The molecule has 0 unspecified atom stereocenters. The average Bonchev–Trinajstić information content (AvgIpc) is 2.82. The molecule has 0 aromatic heterocycles. The lowest BCUT2D eigenvalue weighted by Gasteiger charge is -2.31. The summed E-state index contributed by atoms with van der Waals surface area (Å²) in [5.41, 5.74) is 0. The molecule has 0 bridgehead atoms. The van der Waals surface area contributed by atoms with E-state index in [-0.39, 0.29) is 24.4 Å². The van der Waals surface area contributed by atoms with Gasteiger partial charge in [0.05, 0.1) is 104 Å². The van der Waals surface area contributed by atoms with E-state index < -0.39 is 0 Å². The summed E-state index contributed by atoms with van der Waals surface area (Å²) in [6.07, 6.45) is 9.58. The van der Waals surface area contributed by atoms with Crippen LogP contribution in [-0.2, 0) is 37.9 Å². The minimum Gasteiger partial charge on any atom is -0.377 e. The van der Waals surface area contributed by atoms with E-state index in [2.05, 4.69) is 0 Å². The van der Waals surface area contributed by atoms with E-state index in [1.165, 1.54) is 25.7 Å². The molecule has 4 atom stereocenters. The van der Waals surface area contributed by atoms with Gasteiger partial charge in [-0.15, -0.1) is 0 Å². The summed E-state index contributed by atoms with van der Waals surface area (Å²) in [7, 11) is 0. The largest absolute Gasteiger partial charge is 0.377 e. The molecule has 0 aromatic rings. The number of rotatable bonds is 0. The summed E-state index contributed by atoms with van der Waals surface area (Å²) in [5, 5.41) is 0. The fraction of sp³-hybridized carbons (Fsp3) is 1.00. The molecule has 0 aromatic carbocycles. The van der Waals surface area contributed by atoms with Gasteiger partial charge in [-0.3, -0.25) is 0 Å². The van der Waals surface area contributed by atoms with Gasteiger partial charge in [0, 0.05) is 0 Å². The maximum atomic E-state index is 6.05. The molecule has 8 heteroatoms. The zero-order valence-corrected chi connectivity index (χ0v) is 19.7. The summed E-state index contributed by atoms with van der Waals surface area (Å²) < 4.78 is 46.8. The van der Waals surface area contributed by atoms with E-state index in [4.69, 9.17) is 37.9 Å². The average molecular weight is 461 g/mol. The highest BCUT2D eigenvalue weighted by Crippen LogP contribution is 2.24. The van der Waals surface area contributed by atoms with Crippen LogP contribution in [0.4, 0.5) is 0 Å². The van der Waals surface area contributed by atoms with Crippen molar-refractivity contribution in [3.05, 3.63) is 0 Å². The van der Waals surface area contributed by atoms with Crippen molar-refractivity contribution in [1.82, 2.24) is 0 Å². The summed E-state index contributed by atoms with van der Waals surface area (Å²) in [5.74, 6) is 0. The van der Waals surface area contributed by atoms with Crippen molar-refractivity contribution in [2.75, 3.05) is 79.3 Å². The van der Waals surface area contributed by atoms with Gasteiger partial charge in [-0.2, -0.15) is 0 Å². The second kappa shape index (κ2) is 17.2. The second-order valence-corrected chi connectivity index (χ2v) is 8.66. The summed E-state index contributed by atoms with van der Waals surface area (Å²) in [4.78, 5) is 0. The van der Waals surface area contributed by atoms with E-state index >= 15 is 0 Å². The summed E-state index contributed by atoms with van der Waals surface area (Å²) >= 11 is 0. The van der Waals surface area contributed by atoms with E-state index in [0.717, 1.165) is 25.7 Å². The first-order valence-electron chi connectivity index (χ1n) is 12.7. The molecule has 3 aliphatic rings. The maximum absolute atomic E-state index is 6.05. The zero-order valence-electron chi connectivity index (χ0n) is 19.7. The molecule has 2 saturated carbocycles. The van der Waals surface area contributed by atoms with Gasteiger partial charge >= 0.3 is 0 Å². The lowest BCUT2D eigenvalue weighted by atomic mass is 9.94. The Kier molecular flexibility index (Phi) is 14.1. The molecule has 0 N–H and O–H groups in total. The lowest BCUT2D eigenvalue weighted by Crippen LogP contribution is -2.36. The van der Waals surface area contributed by atoms with Crippen LogP contribution in [0.25, 0.3) is 0 Å². The Bertz CT molecular complexity index is 372. The molecule has 188 valence electrons. The third-order valence-corrected chi connectivity index (χ3v) is 6.27. The van der Waals surface area contributed by atoms with E-state index in [1.807, 2.05) is 0 Å². The van der Waals surface area contributed by atoms with Gasteiger partial charge in [-0.05, 0) is 25.7 Å². The standard InChI is InChI=1S/C24H44O8/c1-2-6-22-21(5-1)29-17-13-25-9-10-27-15-19-31-23-7-3-4-8-24(23)32-20-16-28-12-11-26-14-18-30-22/h21-24H,1-20H2/t21-,22-,23-,24+/m1/s1. The van der Waals surface area contributed by atoms with Gasteiger partial charge in [-0.25, -0.2) is 0 Å². The third-order valence-electron chi connectivity index (χ3n) is 6.27. The van der Waals surface area contributed by atoms with Crippen LogP contribution < -0.4 is 0 Å². The van der Waals surface area contributed by atoms with Crippen LogP contribution in [0.1, 0.15) is 51.4 Å². The van der Waals surface area contributed by atoms with Crippen LogP contribution in [0.5, 0.6) is 0 Å². The molecule has 3 rings (SSSR count). The molecule has 2 aliphatic carbocycles. The van der Waals surface area contributed by atoms with E-state index in [1.54, 1.807) is 0 Å². The van der Waals surface area contributed by atoms with Crippen molar-refractivity contribution in [2.45, 2.75) is 75.8 Å². The summed E-state index contributed by atoms with van der Waals surface area (Å²) in [6, 6.07) is 0. The topological polar surface area (TPSA) is 73.8 Å². The lowest BCUT2D eigenvalue weighted by molar-refractivity contribution is -0.119. The van der Waals surface area contributed by atoms with E-state index in [9.17, 15) is 0 Å². The Morgan fingerprint density at radius 3 is 0.750 bits per heavy atom. The highest BCUT2D eigenvalue weighted by atomic mass is 16.6. The minimum atomic E-state index is 0.151. The second-order valence-electron chi connectivity index (χ2n) is 8.66. The van der Waals surface area contributed by atoms with Crippen molar-refractivity contribution in [3.8, 4) is 0 Å². The number of fused-ring (bicyclic) bond motifs is 2. The Labute approximate surface area is 193 Å². The molecule has 1 heterocycles. The molecule has 32 heavy (non-hydrogen) atoms. The van der Waals surface area contributed by atoms with Gasteiger partial charge in [0.2, 0.25) is 0 Å². The van der Waals surface area contributed by atoms with Gasteiger partial charge in [0.15, 0.2) is 0 Å². The van der Waals surface area contributed by atoms with Crippen LogP contribution >= 0.6 is 0 Å². The van der Waals surface area contributed by atoms with Crippen molar-refractivity contribution in [3.63, 3.8) is 0 Å². The molecule has 0 radical (unpaired) electrons.